The van der Waals surface area contributed by atoms with Gasteiger partial charge in [-0.25, -0.2) is 9.18 Å². The van der Waals surface area contributed by atoms with Crippen molar-refractivity contribution in [3.8, 4) is 5.69 Å². The average molecular weight is 464 g/mol. The summed E-state index contributed by atoms with van der Waals surface area (Å²) in [5, 5.41) is 6.28. The molecule has 7 nitrogen and oxygen atoms in total. The lowest BCUT2D eigenvalue weighted by molar-refractivity contribution is -0.137. The number of aromatic nitrogens is 3. The lowest BCUT2D eigenvalue weighted by atomic mass is 10.1. The average Bonchev–Trinajstić information content (AvgIpc) is 2.75. The largest absolute Gasteiger partial charge is 0.416 e. The van der Waals surface area contributed by atoms with E-state index in [1.807, 2.05) is 13.8 Å². The molecule has 1 N–H and O–H groups in total. The highest BCUT2D eigenvalue weighted by Crippen LogP contribution is 2.29. The molecule has 0 radical (unpaired) electrons. The van der Waals surface area contributed by atoms with Crippen molar-refractivity contribution in [3.63, 3.8) is 0 Å². The molecule has 0 fully saturated rings. The maximum absolute atomic E-state index is 14.4. The van der Waals surface area contributed by atoms with Crippen LogP contribution in [0.2, 0.25) is 0 Å². The Morgan fingerprint density at radius 1 is 1.09 bits per heavy atom. The van der Waals surface area contributed by atoms with Gasteiger partial charge in [0.05, 0.1) is 12.1 Å². The molecule has 0 bridgehead atoms. The number of halogens is 4. The van der Waals surface area contributed by atoms with Crippen LogP contribution in [0.3, 0.4) is 0 Å². The van der Waals surface area contributed by atoms with E-state index in [9.17, 15) is 31.9 Å². The van der Waals surface area contributed by atoms with Crippen molar-refractivity contribution >= 4 is 5.91 Å². The van der Waals surface area contributed by atoms with Gasteiger partial charge in [-0.2, -0.15) is 23.0 Å². The van der Waals surface area contributed by atoms with Crippen molar-refractivity contribution in [3.05, 3.63) is 92.0 Å². The highest BCUT2D eigenvalue weighted by molar-refractivity contribution is 5.91. The summed E-state index contributed by atoms with van der Waals surface area (Å²) in [6.45, 7) is 3.26. The van der Waals surface area contributed by atoms with E-state index in [0.29, 0.717) is 9.25 Å². The van der Waals surface area contributed by atoms with Crippen molar-refractivity contribution in [2.24, 2.45) is 5.92 Å². The third-order valence-electron chi connectivity index (χ3n) is 4.62. The zero-order chi connectivity index (χ0) is 24.3. The summed E-state index contributed by atoms with van der Waals surface area (Å²) in [6, 6.07) is 9.15. The molecule has 1 aromatic heterocycles. The Labute approximate surface area is 185 Å². The predicted molar refractivity (Wildman–Crippen MR) is 112 cm³/mol. The molecule has 0 unspecified atom stereocenters. The Hall–Kier alpha value is -3.76. The SMILES string of the molecule is CC(C)CNC(=O)c1nn(-c2ccccc2F)c(=O)n(Cc2cccc(C(F)(F)F)c2)c1=O. The fourth-order valence-electron chi connectivity index (χ4n) is 2.99. The predicted octanol–water partition coefficient (Wildman–Crippen LogP) is 2.99. The number of rotatable bonds is 6. The van der Waals surface area contributed by atoms with Crippen molar-refractivity contribution in [1.29, 1.82) is 0 Å². The number of alkyl halides is 3. The minimum absolute atomic E-state index is 0.0103. The Balaban J connectivity index is 2.18. The second-order valence-electron chi connectivity index (χ2n) is 7.69. The second-order valence-corrected chi connectivity index (χ2v) is 7.69. The Morgan fingerprint density at radius 3 is 2.42 bits per heavy atom. The van der Waals surface area contributed by atoms with Crippen LogP contribution < -0.4 is 16.6 Å². The van der Waals surface area contributed by atoms with Crippen molar-refractivity contribution in [2.45, 2.75) is 26.6 Å². The third kappa shape index (κ3) is 5.36. The van der Waals surface area contributed by atoms with Crippen LogP contribution in [-0.2, 0) is 12.7 Å². The van der Waals surface area contributed by atoms with E-state index in [0.717, 1.165) is 24.3 Å². The van der Waals surface area contributed by atoms with Crippen LogP contribution in [0, 0.1) is 11.7 Å². The minimum atomic E-state index is -4.63. The smallest absolute Gasteiger partial charge is 0.350 e. The van der Waals surface area contributed by atoms with Gasteiger partial charge < -0.3 is 5.32 Å². The summed E-state index contributed by atoms with van der Waals surface area (Å²) in [5.74, 6) is -1.69. The van der Waals surface area contributed by atoms with Crippen LogP contribution in [0.4, 0.5) is 17.6 Å². The standard InChI is InChI=1S/C22H20F4N4O3/c1-13(2)11-27-19(31)18-20(32)29(12-14-6-5-7-15(10-14)22(24,25)26)21(33)30(28-18)17-9-4-3-8-16(17)23/h3-10,13H,11-12H2,1-2H3,(H,27,31). The van der Waals surface area contributed by atoms with Crippen LogP contribution in [0.25, 0.3) is 5.69 Å². The summed E-state index contributed by atoms with van der Waals surface area (Å²) < 4.78 is 54.7. The quantitative estimate of drug-likeness (QED) is 0.569. The molecule has 33 heavy (non-hydrogen) atoms. The number of hydrogen-bond donors (Lipinski definition) is 1. The van der Waals surface area contributed by atoms with E-state index < -0.39 is 47.0 Å². The first kappa shape index (κ1) is 23.9. The normalized spacial score (nSPS) is 11.6. The number of carbonyl (C=O) groups is 1. The monoisotopic (exact) mass is 464 g/mol. The van der Waals surface area contributed by atoms with E-state index in [1.54, 1.807) is 0 Å². The van der Waals surface area contributed by atoms with E-state index in [4.69, 9.17) is 0 Å². The molecule has 0 aliphatic carbocycles. The Bertz CT molecular complexity index is 1300. The minimum Gasteiger partial charge on any atom is -0.350 e. The lowest BCUT2D eigenvalue weighted by Gasteiger charge is -2.14. The molecule has 1 heterocycles. The van der Waals surface area contributed by atoms with Crippen LogP contribution in [0.15, 0.2) is 58.1 Å². The summed E-state index contributed by atoms with van der Waals surface area (Å²) in [4.78, 5) is 38.5. The van der Waals surface area contributed by atoms with Gasteiger partial charge in [0.25, 0.3) is 11.5 Å². The van der Waals surface area contributed by atoms with Gasteiger partial charge in [-0.1, -0.05) is 38.1 Å². The van der Waals surface area contributed by atoms with Gasteiger partial charge in [0, 0.05) is 6.54 Å². The molecule has 0 aliphatic heterocycles. The molecule has 3 aromatic rings. The highest BCUT2D eigenvalue weighted by Gasteiger charge is 2.30. The molecule has 0 spiro atoms. The van der Waals surface area contributed by atoms with Gasteiger partial charge in [0.15, 0.2) is 0 Å². The number of para-hydroxylation sites is 1. The van der Waals surface area contributed by atoms with Crippen LogP contribution in [0.5, 0.6) is 0 Å². The summed E-state index contributed by atoms with van der Waals surface area (Å²) in [6.07, 6.45) is -4.63. The fraction of sp³-hybridized carbons (Fsp3) is 0.273. The number of carbonyl (C=O) groups excluding carboxylic acids is 1. The van der Waals surface area contributed by atoms with Gasteiger partial charge in [-0.15, -0.1) is 0 Å². The molecule has 0 saturated heterocycles. The summed E-state index contributed by atoms with van der Waals surface area (Å²) in [5.41, 5.74) is -4.20. The topological polar surface area (TPSA) is 86.0 Å². The number of benzene rings is 2. The maximum atomic E-state index is 14.4. The molecule has 1 amide bonds. The van der Waals surface area contributed by atoms with E-state index in [1.165, 1.54) is 24.3 Å². The second kappa shape index (κ2) is 9.39. The summed E-state index contributed by atoms with van der Waals surface area (Å²) >= 11 is 0. The maximum Gasteiger partial charge on any atom is 0.416 e. The van der Waals surface area contributed by atoms with Gasteiger partial charge in [0.2, 0.25) is 5.69 Å². The Morgan fingerprint density at radius 2 is 1.79 bits per heavy atom. The van der Waals surface area contributed by atoms with Crippen LogP contribution in [0.1, 0.15) is 35.5 Å². The number of nitrogens with zero attached hydrogens (tertiary/aromatic N) is 3. The molecular formula is C22H20F4N4O3. The number of nitrogens with one attached hydrogen (secondary N) is 1. The van der Waals surface area contributed by atoms with Gasteiger partial charge in [-0.3, -0.25) is 14.2 Å². The molecule has 0 aliphatic rings. The first-order valence-electron chi connectivity index (χ1n) is 9.92. The lowest BCUT2D eigenvalue weighted by Crippen LogP contribution is -2.46. The summed E-state index contributed by atoms with van der Waals surface area (Å²) in [7, 11) is 0. The van der Waals surface area contributed by atoms with Gasteiger partial charge >= 0.3 is 11.9 Å². The first-order valence-corrected chi connectivity index (χ1v) is 9.92. The van der Waals surface area contributed by atoms with Gasteiger partial charge in [-0.05, 0) is 35.7 Å². The van der Waals surface area contributed by atoms with Crippen molar-refractivity contribution < 1.29 is 22.4 Å². The molecule has 3 rings (SSSR count). The molecular weight excluding hydrogens is 444 g/mol. The first-order chi connectivity index (χ1) is 15.5. The molecule has 2 aromatic carbocycles. The van der Waals surface area contributed by atoms with Crippen molar-refractivity contribution in [2.75, 3.05) is 6.54 Å². The molecule has 0 atom stereocenters. The Kier molecular flexibility index (Phi) is 6.80. The van der Waals surface area contributed by atoms with E-state index in [2.05, 4.69) is 10.4 Å². The van der Waals surface area contributed by atoms with E-state index in [-0.39, 0.29) is 23.7 Å². The van der Waals surface area contributed by atoms with Gasteiger partial charge in [0.1, 0.15) is 11.5 Å². The van der Waals surface area contributed by atoms with Crippen LogP contribution >= 0.6 is 0 Å². The van der Waals surface area contributed by atoms with Crippen LogP contribution in [-0.4, -0.2) is 26.8 Å². The molecule has 0 saturated carbocycles. The number of hydrogen-bond acceptors (Lipinski definition) is 4. The third-order valence-corrected chi connectivity index (χ3v) is 4.62. The molecule has 174 valence electrons. The fourth-order valence-corrected chi connectivity index (χ4v) is 2.99. The molecule has 11 heteroatoms. The van der Waals surface area contributed by atoms with E-state index >= 15 is 0 Å². The van der Waals surface area contributed by atoms with Crippen molar-refractivity contribution in [1.82, 2.24) is 19.7 Å². The highest BCUT2D eigenvalue weighted by atomic mass is 19.4. The number of amides is 1. The zero-order valence-electron chi connectivity index (χ0n) is 17.7. The zero-order valence-corrected chi connectivity index (χ0v) is 17.7.